The topological polar surface area (TPSA) is 24.8 Å². The van der Waals surface area contributed by atoms with E-state index >= 15 is 0 Å². The largest absolute Gasteiger partial charge is 0.492 e. The fourth-order valence-corrected chi connectivity index (χ4v) is 2.04. The molecule has 0 N–H and O–H groups in total. The van der Waals surface area contributed by atoms with E-state index in [4.69, 9.17) is 4.74 Å². The first-order valence-corrected chi connectivity index (χ1v) is 6.38. The van der Waals surface area contributed by atoms with Crippen LogP contribution in [0.5, 0.6) is 5.75 Å². The minimum Gasteiger partial charge on any atom is -0.492 e. The van der Waals surface area contributed by atoms with Crippen molar-refractivity contribution in [2.75, 3.05) is 26.2 Å². The van der Waals surface area contributed by atoms with Crippen molar-refractivity contribution in [2.24, 2.45) is 4.99 Å². The van der Waals surface area contributed by atoms with E-state index in [0.717, 1.165) is 31.1 Å². The quantitative estimate of drug-likeness (QED) is 0.813. The Labute approximate surface area is 109 Å². The maximum Gasteiger partial charge on any atom is 0.119 e. The average molecular weight is 244 g/mol. The number of hydrogen-bond acceptors (Lipinski definition) is 3. The van der Waals surface area contributed by atoms with E-state index in [1.807, 2.05) is 37.3 Å². The van der Waals surface area contributed by atoms with Gasteiger partial charge in [0.1, 0.15) is 12.4 Å². The summed E-state index contributed by atoms with van der Waals surface area (Å²) in [4.78, 5) is 6.77. The highest BCUT2D eigenvalue weighted by atomic mass is 16.5. The first kappa shape index (κ1) is 12.7. The van der Waals surface area contributed by atoms with Crippen molar-refractivity contribution in [3.8, 4) is 5.75 Å². The zero-order valence-electron chi connectivity index (χ0n) is 11.1. The van der Waals surface area contributed by atoms with Gasteiger partial charge in [-0.1, -0.05) is 18.2 Å². The molecule has 0 spiro atoms. The van der Waals surface area contributed by atoms with E-state index in [0.29, 0.717) is 6.61 Å². The summed E-state index contributed by atoms with van der Waals surface area (Å²) in [6.07, 6.45) is 2.13. The van der Waals surface area contributed by atoms with Gasteiger partial charge in [0.05, 0.1) is 13.1 Å². The first-order valence-electron chi connectivity index (χ1n) is 6.38. The molecule has 1 aromatic rings. The molecule has 18 heavy (non-hydrogen) atoms. The molecule has 3 nitrogen and oxygen atoms in total. The van der Waals surface area contributed by atoms with Crippen LogP contribution in [0.25, 0.3) is 0 Å². The molecule has 0 bridgehead atoms. The molecule has 3 heteroatoms. The second-order valence-electron chi connectivity index (χ2n) is 4.46. The first-order chi connectivity index (χ1) is 8.75. The van der Waals surface area contributed by atoms with E-state index in [9.17, 15) is 0 Å². The van der Waals surface area contributed by atoms with Crippen LogP contribution < -0.4 is 4.74 Å². The van der Waals surface area contributed by atoms with Crippen LogP contribution in [-0.2, 0) is 0 Å². The van der Waals surface area contributed by atoms with Crippen LogP contribution in [0, 0.1) is 0 Å². The van der Waals surface area contributed by atoms with Gasteiger partial charge >= 0.3 is 0 Å². The Morgan fingerprint density at radius 2 is 2.00 bits per heavy atom. The van der Waals surface area contributed by atoms with Gasteiger partial charge in [-0.2, -0.15) is 0 Å². The summed E-state index contributed by atoms with van der Waals surface area (Å²) in [6, 6.07) is 9.94. The Balaban J connectivity index is 1.82. The summed E-state index contributed by atoms with van der Waals surface area (Å²) in [7, 11) is 0. The van der Waals surface area contributed by atoms with Crippen LogP contribution in [0.15, 0.2) is 47.1 Å². The zero-order chi connectivity index (χ0) is 12.8. The van der Waals surface area contributed by atoms with Crippen LogP contribution in [0.3, 0.4) is 0 Å². The molecule has 0 atom stereocenters. The van der Waals surface area contributed by atoms with Gasteiger partial charge < -0.3 is 9.64 Å². The molecule has 0 saturated heterocycles. The number of aliphatic imine (C=N–C) groups is 1. The lowest BCUT2D eigenvalue weighted by Gasteiger charge is -2.23. The van der Waals surface area contributed by atoms with Gasteiger partial charge in [-0.3, -0.25) is 4.99 Å². The van der Waals surface area contributed by atoms with Crippen LogP contribution >= 0.6 is 0 Å². The average Bonchev–Trinajstić information content (AvgIpc) is 2.52. The Kier molecular flexibility index (Phi) is 4.40. The van der Waals surface area contributed by atoms with Crippen molar-refractivity contribution in [1.82, 2.24) is 4.90 Å². The van der Waals surface area contributed by atoms with E-state index in [1.54, 1.807) is 0 Å². The molecule has 0 unspecified atom stereocenters. The van der Waals surface area contributed by atoms with Gasteiger partial charge in [0.25, 0.3) is 0 Å². The highest BCUT2D eigenvalue weighted by Crippen LogP contribution is 2.10. The summed E-state index contributed by atoms with van der Waals surface area (Å²) in [6.45, 7) is 7.62. The molecule has 0 amide bonds. The fourth-order valence-electron chi connectivity index (χ4n) is 2.04. The number of para-hydroxylation sites is 1. The Hall–Kier alpha value is -1.77. The fraction of sp³-hybridized carbons (Fsp3) is 0.400. The summed E-state index contributed by atoms with van der Waals surface area (Å²) in [5.41, 5.74) is 2.38. The van der Waals surface area contributed by atoms with Crippen molar-refractivity contribution >= 4 is 5.71 Å². The van der Waals surface area contributed by atoms with Crippen LogP contribution in [-0.4, -0.2) is 36.9 Å². The van der Waals surface area contributed by atoms with Crippen molar-refractivity contribution < 1.29 is 4.74 Å². The van der Waals surface area contributed by atoms with Crippen LogP contribution in [0.4, 0.5) is 0 Å². The molecule has 1 aliphatic heterocycles. The van der Waals surface area contributed by atoms with Crippen molar-refractivity contribution in [1.29, 1.82) is 0 Å². The second kappa shape index (κ2) is 6.24. The zero-order valence-corrected chi connectivity index (χ0v) is 11.1. The van der Waals surface area contributed by atoms with Gasteiger partial charge in [0.2, 0.25) is 0 Å². The molecule has 96 valence electrons. The maximum absolute atomic E-state index is 5.72. The summed E-state index contributed by atoms with van der Waals surface area (Å²) in [5, 5.41) is 0. The number of nitrogens with zero attached hydrogens (tertiary/aromatic N) is 2. The molecule has 1 aromatic carbocycles. The molecule has 1 heterocycles. The van der Waals surface area contributed by atoms with Crippen LogP contribution in [0.1, 0.15) is 13.8 Å². The van der Waals surface area contributed by atoms with Crippen molar-refractivity contribution in [3.05, 3.63) is 42.1 Å². The molecule has 0 radical (unpaired) electrons. The number of benzene rings is 1. The highest BCUT2D eigenvalue weighted by Gasteiger charge is 2.08. The van der Waals surface area contributed by atoms with Gasteiger partial charge in [0, 0.05) is 18.0 Å². The summed E-state index contributed by atoms with van der Waals surface area (Å²) < 4.78 is 5.72. The predicted octanol–water partition coefficient (Wildman–Crippen LogP) is 2.75. The lowest BCUT2D eigenvalue weighted by Crippen LogP contribution is -2.28. The lowest BCUT2D eigenvalue weighted by molar-refractivity contribution is 0.247. The van der Waals surface area contributed by atoms with Crippen molar-refractivity contribution in [2.45, 2.75) is 13.8 Å². The van der Waals surface area contributed by atoms with Gasteiger partial charge in [-0.25, -0.2) is 0 Å². The molecule has 2 rings (SSSR count). The summed E-state index contributed by atoms with van der Waals surface area (Å²) in [5.74, 6) is 0.932. The Morgan fingerprint density at radius 3 is 2.78 bits per heavy atom. The molecule has 1 aliphatic rings. The Bertz CT molecular complexity index is 437. The minimum absolute atomic E-state index is 0.703. The van der Waals surface area contributed by atoms with E-state index in [2.05, 4.69) is 22.9 Å². The molecule has 0 fully saturated rings. The minimum atomic E-state index is 0.703. The van der Waals surface area contributed by atoms with E-state index < -0.39 is 0 Å². The molecule has 0 aromatic heterocycles. The number of rotatable bonds is 4. The van der Waals surface area contributed by atoms with Gasteiger partial charge in [0.15, 0.2) is 0 Å². The normalized spacial score (nSPS) is 15.8. The van der Waals surface area contributed by atoms with Gasteiger partial charge in [-0.15, -0.1) is 0 Å². The monoisotopic (exact) mass is 244 g/mol. The molecule has 0 saturated carbocycles. The van der Waals surface area contributed by atoms with E-state index in [1.165, 1.54) is 5.70 Å². The second-order valence-corrected chi connectivity index (χ2v) is 4.46. The third-order valence-electron chi connectivity index (χ3n) is 3.02. The molecular weight excluding hydrogens is 224 g/mol. The third kappa shape index (κ3) is 3.62. The number of hydrogen-bond donors (Lipinski definition) is 0. The van der Waals surface area contributed by atoms with Crippen LogP contribution in [0.2, 0.25) is 0 Å². The highest BCUT2D eigenvalue weighted by molar-refractivity contribution is 5.93. The number of allylic oxidation sites excluding steroid dienone is 2. The molecular formula is C15H20N2O. The smallest absolute Gasteiger partial charge is 0.119 e. The van der Waals surface area contributed by atoms with E-state index in [-0.39, 0.29) is 0 Å². The van der Waals surface area contributed by atoms with Crippen molar-refractivity contribution in [3.63, 3.8) is 0 Å². The Morgan fingerprint density at radius 1 is 1.22 bits per heavy atom. The third-order valence-corrected chi connectivity index (χ3v) is 3.02. The lowest BCUT2D eigenvalue weighted by atomic mass is 10.3. The summed E-state index contributed by atoms with van der Waals surface area (Å²) >= 11 is 0. The SMILES string of the molecule is CC1=CC(C)=NCCN1CCOc1ccccc1. The maximum atomic E-state index is 5.72. The predicted molar refractivity (Wildman–Crippen MR) is 75.2 cm³/mol. The van der Waals surface area contributed by atoms with Gasteiger partial charge in [-0.05, 0) is 32.1 Å². The standard InChI is InChI=1S/C15H20N2O/c1-13-12-14(2)17(9-8-16-13)10-11-18-15-6-4-3-5-7-15/h3-7,12H,8-11H2,1-2H3. The molecule has 0 aliphatic carbocycles. The number of ether oxygens (including phenoxy) is 1.